The number of carbonyl (C=O) groups is 2. The monoisotopic (exact) mass is 386 g/mol. The van der Waals surface area contributed by atoms with Crippen LogP contribution in [0.1, 0.15) is 23.6 Å². The summed E-state index contributed by atoms with van der Waals surface area (Å²) in [4.78, 5) is 23.2. The number of nitrogens with one attached hydrogen (secondary N) is 1. The molecule has 0 saturated carbocycles. The minimum atomic E-state index is -0.403. The molecule has 7 nitrogen and oxygen atoms in total. The van der Waals surface area contributed by atoms with E-state index in [0.717, 1.165) is 11.1 Å². The Kier molecular flexibility index (Phi) is 6.18. The fraction of sp³-hybridized carbons (Fsp3) is 0.0909. The summed E-state index contributed by atoms with van der Waals surface area (Å²) in [6.07, 6.45) is 6.29. The second kappa shape index (κ2) is 9.15. The molecule has 29 heavy (non-hydrogen) atoms. The minimum absolute atomic E-state index is 0.311. The average Bonchev–Trinajstić information content (AvgIpc) is 3.13. The third-order valence-electron chi connectivity index (χ3n) is 3.85. The van der Waals surface area contributed by atoms with Gasteiger partial charge in [-0.15, -0.1) is 0 Å². The first-order valence-electron chi connectivity index (χ1n) is 8.81. The van der Waals surface area contributed by atoms with Crippen molar-refractivity contribution in [3.05, 3.63) is 83.7 Å². The van der Waals surface area contributed by atoms with Gasteiger partial charge in [0.15, 0.2) is 0 Å². The highest BCUT2D eigenvalue weighted by Crippen LogP contribution is 2.15. The Hall–Kier alpha value is -4.18. The highest BCUT2D eigenvalue weighted by molar-refractivity contribution is 6.01. The van der Waals surface area contributed by atoms with Crippen LogP contribution in [0, 0.1) is 11.3 Å². The van der Waals surface area contributed by atoms with Gasteiger partial charge in [-0.1, -0.05) is 24.3 Å². The zero-order chi connectivity index (χ0) is 20.6. The zero-order valence-corrected chi connectivity index (χ0v) is 15.7. The number of carbonyl (C=O) groups excluding carboxylic acids is 2. The SMILES string of the molecule is CC(=O)Oc1cccc(C=CC(=O)Nc2cnn(Cc3cccc(C#N)c3)c2)c1. The number of ether oxygens (including phenoxy) is 1. The van der Waals surface area contributed by atoms with Crippen LogP contribution < -0.4 is 10.1 Å². The van der Waals surface area contributed by atoms with Crippen molar-refractivity contribution >= 4 is 23.6 Å². The summed E-state index contributed by atoms with van der Waals surface area (Å²) >= 11 is 0. The Morgan fingerprint density at radius 1 is 1.24 bits per heavy atom. The molecule has 0 aliphatic heterocycles. The third-order valence-corrected chi connectivity index (χ3v) is 3.85. The largest absolute Gasteiger partial charge is 0.427 e. The summed E-state index contributed by atoms with van der Waals surface area (Å²) in [5.41, 5.74) is 2.82. The fourth-order valence-electron chi connectivity index (χ4n) is 2.64. The highest BCUT2D eigenvalue weighted by atomic mass is 16.5. The molecule has 0 radical (unpaired) electrons. The van der Waals surface area contributed by atoms with Crippen LogP contribution in [0.5, 0.6) is 5.75 Å². The zero-order valence-electron chi connectivity index (χ0n) is 15.7. The highest BCUT2D eigenvalue weighted by Gasteiger charge is 2.04. The van der Waals surface area contributed by atoms with Gasteiger partial charge in [0.05, 0.1) is 30.1 Å². The molecule has 0 aliphatic rings. The van der Waals surface area contributed by atoms with Crippen LogP contribution in [0.4, 0.5) is 5.69 Å². The van der Waals surface area contributed by atoms with Crippen molar-refractivity contribution < 1.29 is 14.3 Å². The molecule has 144 valence electrons. The fourth-order valence-corrected chi connectivity index (χ4v) is 2.64. The number of rotatable bonds is 6. The molecular formula is C22H18N4O3. The van der Waals surface area contributed by atoms with Crippen LogP contribution in [-0.2, 0) is 16.1 Å². The lowest BCUT2D eigenvalue weighted by molar-refractivity contribution is -0.131. The van der Waals surface area contributed by atoms with Gasteiger partial charge in [-0.3, -0.25) is 14.3 Å². The lowest BCUT2D eigenvalue weighted by atomic mass is 10.1. The molecule has 7 heteroatoms. The third kappa shape index (κ3) is 5.91. The van der Waals surface area contributed by atoms with Gasteiger partial charge >= 0.3 is 5.97 Å². The molecule has 1 N–H and O–H groups in total. The maximum Gasteiger partial charge on any atom is 0.308 e. The van der Waals surface area contributed by atoms with E-state index in [-0.39, 0.29) is 5.91 Å². The summed E-state index contributed by atoms with van der Waals surface area (Å²) in [5, 5.41) is 15.9. The molecular weight excluding hydrogens is 368 g/mol. The molecule has 0 atom stereocenters. The van der Waals surface area contributed by atoms with Crippen LogP contribution in [0.2, 0.25) is 0 Å². The van der Waals surface area contributed by atoms with Gasteiger partial charge in [0.1, 0.15) is 5.75 Å². The minimum Gasteiger partial charge on any atom is -0.427 e. The van der Waals surface area contributed by atoms with E-state index in [1.54, 1.807) is 59.5 Å². The van der Waals surface area contributed by atoms with Crippen LogP contribution in [0.3, 0.4) is 0 Å². The van der Waals surface area contributed by atoms with Crippen molar-refractivity contribution in [3.63, 3.8) is 0 Å². The molecule has 1 heterocycles. The number of nitriles is 1. The van der Waals surface area contributed by atoms with Crippen molar-refractivity contribution in [3.8, 4) is 11.8 Å². The number of nitrogens with zero attached hydrogens (tertiary/aromatic N) is 3. The predicted molar refractivity (Wildman–Crippen MR) is 108 cm³/mol. The quantitative estimate of drug-likeness (QED) is 0.398. The number of hydrogen-bond donors (Lipinski definition) is 1. The second-order valence-corrected chi connectivity index (χ2v) is 6.23. The number of benzene rings is 2. The van der Waals surface area contributed by atoms with Crippen LogP contribution >= 0.6 is 0 Å². The van der Waals surface area contributed by atoms with Crippen molar-refractivity contribution in [1.29, 1.82) is 5.26 Å². The summed E-state index contributed by atoms with van der Waals surface area (Å²) < 4.78 is 6.70. The first-order valence-corrected chi connectivity index (χ1v) is 8.81. The molecule has 2 aromatic carbocycles. The smallest absolute Gasteiger partial charge is 0.308 e. The predicted octanol–water partition coefficient (Wildman–Crippen LogP) is 3.38. The number of hydrogen-bond acceptors (Lipinski definition) is 5. The van der Waals surface area contributed by atoms with E-state index >= 15 is 0 Å². The average molecular weight is 386 g/mol. The Bertz CT molecular complexity index is 1110. The van der Waals surface area contributed by atoms with Crippen molar-refractivity contribution in [1.82, 2.24) is 9.78 Å². The molecule has 1 amide bonds. The molecule has 1 aromatic heterocycles. The number of esters is 1. The first kappa shape index (κ1) is 19.6. The summed E-state index contributed by atoms with van der Waals surface area (Å²) in [6, 6.07) is 16.2. The molecule has 3 aromatic rings. The molecule has 3 rings (SSSR count). The van der Waals surface area contributed by atoms with Gasteiger partial charge in [0.25, 0.3) is 0 Å². The van der Waals surface area contributed by atoms with Gasteiger partial charge in [-0.05, 0) is 41.5 Å². The van der Waals surface area contributed by atoms with E-state index in [1.165, 1.54) is 13.0 Å². The second-order valence-electron chi connectivity index (χ2n) is 6.23. The Morgan fingerprint density at radius 3 is 2.86 bits per heavy atom. The van der Waals surface area contributed by atoms with Crippen molar-refractivity contribution in [2.45, 2.75) is 13.5 Å². The first-order chi connectivity index (χ1) is 14.0. The lowest BCUT2D eigenvalue weighted by Crippen LogP contribution is -2.07. The van der Waals surface area contributed by atoms with Crippen LogP contribution in [-0.4, -0.2) is 21.7 Å². The van der Waals surface area contributed by atoms with E-state index in [4.69, 9.17) is 10.00 Å². The van der Waals surface area contributed by atoms with Gasteiger partial charge in [0.2, 0.25) is 5.91 Å². The van der Waals surface area contributed by atoms with Crippen molar-refractivity contribution in [2.24, 2.45) is 0 Å². The normalized spacial score (nSPS) is 10.5. The Balaban J connectivity index is 1.59. The Labute approximate surface area is 167 Å². The van der Waals surface area contributed by atoms with Gasteiger partial charge < -0.3 is 10.1 Å². The van der Waals surface area contributed by atoms with E-state index in [2.05, 4.69) is 16.5 Å². The topological polar surface area (TPSA) is 97.0 Å². The van der Waals surface area contributed by atoms with Crippen LogP contribution in [0.25, 0.3) is 6.08 Å². The molecule has 0 aliphatic carbocycles. The van der Waals surface area contributed by atoms with Crippen molar-refractivity contribution in [2.75, 3.05) is 5.32 Å². The van der Waals surface area contributed by atoms with E-state index in [0.29, 0.717) is 23.5 Å². The van der Waals surface area contributed by atoms with E-state index < -0.39 is 5.97 Å². The summed E-state index contributed by atoms with van der Waals surface area (Å²) in [5.74, 6) is -0.295. The summed E-state index contributed by atoms with van der Waals surface area (Å²) in [7, 11) is 0. The van der Waals surface area contributed by atoms with E-state index in [1.807, 2.05) is 12.1 Å². The maximum absolute atomic E-state index is 12.1. The van der Waals surface area contributed by atoms with Gasteiger partial charge in [-0.2, -0.15) is 10.4 Å². The maximum atomic E-state index is 12.1. The standard InChI is InChI=1S/C22H18N4O3/c1-16(27)29-21-7-3-4-17(11-21)8-9-22(28)25-20-13-24-26(15-20)14-19-6-2-5-18(10-19)12-23/h2-11,13,15H,14H2,1H3,(H,25,28). The van der Waals surface area contributed by atoms with E-state index in [9.17, 15) is 9.59 Å². The van der Waals surface area contributed by atoms with Gasteiger partial charge in [-0.25, -0.2) is 0 Å². The number of amides is 1. The molecule has 0 saturated heterocycles. The van der Waals surface area contributed by atoms with Gasteiger partial charge in [0, 0.05) is 19.2 Å². The lowest BCUT2D eigenvalue weighted by Gasteiger charge is -2.02. The molecule has 0 spiro atoms. The number of anilines is 1. The van der Waals surface area contributed by atoms with Crippen LogP contribution in [0.15, 0.2) is 67.0 Å². The summed E-state index contributed by atoms with van der Waals surface area (Å²) in [6.45, 7) is 1.82. The Morgan fingerprint density at radius 2 is 2.07 bits per heavy atom. The number of aromatic nitrogens is 2. The molecule has 0 fully saturated rings. The molecule has 0 bridgehead atoms. The molecule has 0 unspecified atom stereocenters.